The molecule has 0 aromatic heterocycles. The van der Waals surface area contributed by atoms with Gasteiger partial charge in [-0.25, -0.2) is 0 Å². The van der Waals surface area contributed by atoms with Gasteiger partial charge in [0.25, 0.3) is 0 Å². The SMILES string of the molecule is N#Cc1ccc(N2CC(C(N)=O)CC2=O)c(C(F)(F)F)c1. The number of anilines is 1. The average molecular weight is 297 g/mol. The van der Waals surface area contributed by atoms with Gasteiger partial charge in [0, 0.05) is 13.0 Å². The summed E-state index contributed by atoms with van der Waals surface area (Å²) in [5.74, 6) is -2.14. The summed E-state index contributed by atoms with van der Waals surface area (Å²) in [4.78, 5) is 23.8. The molecule has 2 N–H and O–H groups in total. The number of benzene rings is 1. The van der Waals surface area contributed by atoms with Gasteiger partial charge in [-0.3, -0.25) is 9.59 Å². The summed E-state index contributed by atoms with van der Waals surface area (Å²) >= 11 is 0. The second-order valence-electron chi connectivity index (χ2n) is 4.65. The van der Waals surface area contributed by atoms with Crippen LogP contribution in [0.3, 0.4) is 0 Å². The lowest BCUT2D eigenvalue weighted by molar-refractivity contribution is -0.137. The third kappa shape index (κ3) is 2.81. The zero-order valence-corrected chi connectivity index (χ0v) is 10.6. The van der Waals surface area contributed by atoms with Gasteiger partial charge in [0.15, 0.2) is 0 Å². The molecule has 1 atom stereocenters. The predicted octanol–water partition coefficient (Wildman–Crippen LogP) is 1.42. The molecule has 110 valence electrons. The average Bonchev–Trinajstić information content (AvgIpc) is 2.79. The standard InChI is InChI=1S/C13H10F3N3O2/c14-13(15,16)9-3-7(5-17)1-2-10(9)19-6-8(12(18)21)4-11(19)20/h1-3,8H,4,6H2,(H2,18,21). The summed E-state index contributed by atoms with van der Waals surface area (Å²) in [5.41, 5.74) is 3.48. The fourth-order valence-electron chi connectivity index (χ4n) is 2.20. The van der Waals surface area contributed by atoms with Crippen LogP contribution in [0, 0.1) is 17.2 Å². The van der Waals surface area contributed by atoms with Crippen LogP contribution in [0.2, 0.25) is 0 Å². The van der Waals surface area contributed by atoms with Crippen molar-refractivity contribution in [3.8, 4) is 6.07 Å². The van der Waals surface area contributed by atoms with E-state index < -0.39 is 29.5 Å². The molecule has 0 spiro atoms. The molecule has 1 fully saturated rings. The maximum atomic E-state index is 13.1. The molecule has 2 amide bonds. The molecule has 21 heavy (non-hydrogen) atoms. The first-order valence-corrected chi connectivity index (χ1v) is 5.95. The minimum Gasteiger partial charge on any atom is -0.369 e. The number of primary amides is 1. The Morgan fingerprint density at radius 1 is 1.43 bits per heavy atom. The molecule has 1 aromatic rings. The summed E-state index contributed by atoms with van der Waals surface area (Å²) in [6, 6.07) is 4.55. The highest BCUT2D eigenvalue weighted by Crippen LogP contribution is 2.39. The number of alkyl halides is 3. The second-order valence-corrected chi connectivity index (χ2v) is 4.65. The first kappa shape index (κ1) is 14.8. The molecule has 8 heteroatoms. The Labute approximate surface area is 117 Å². The normalized spacial score (nSPS) is 18.7. The van der Waals surface area contributed by atoms with Crippen LogP contribution < -0.4 is 10.6 Å². The highest BCUT2D eigenvalue weighted by molar-refractivity contribution is 6.00. The Balaban J connectivity index is 2.47. The van der Waals surface area contributed by atoms with Gasteiger partial charge in [-0.15, -0.1) is 0 Å². The van der Waals surface area contributed by atoms with Crippen molar-refractivity contribution < 1.29 is 22.8 Å². The largest absolute Gasteiger partial charge is 0.418 e. The smallest absolute Gasteiger partial charge is 0.369 e. The molecule has 1 saturated heterocycles. The maximum absolute atomic E-state index is 13.1. The van der Waals surface area contributed by atoms with Crippen molar-refractivity contribution in [2.75, 3.05) is 11.4 Å². The van der Waals surface area contributed by atoms with E-state index in [9.17, 15) is 22.8 Å². The monoisotopic (exact) mass is 297 g/mol. The van der Waals surface area contributed by atoms with Gasteiger partial charge < -0.3 is 10.6 Å². The van der Waals surface area contributed by atoms with Gasteiger partial charge in [0.1, 0.15) is 0 Å². The Kier molecular flexibility index (Phi) is 3.60. The minimum atomic E-state index is -4.71. The highest BCUT2D eigenvalue weighted by Gasteiger charge is 2.40. The molecule has 0 saturated carbocycles. The van der Waals surface area contributed by atoms with Crippen molar-refractivity contribution in [2.24, 2.45) is 11.7 Å². The summed E-state index contributed by atoms with van der Waals surface area (Å²) in [6.07, 6.45) is -4.93. The summed E-state index contributed by atoms with van der Waals surface area (Å²) in [5, 5.41) is 8.69. The van der Waals surface area contributed by atoms with E-state index in [-0.39, 0.29) is 24.2 Å². The Bertz CT molecular complexity index is 649. The molecule has 1 heterocycles. The Morgan fingerprint density at radius 3 is 2.57 bits per heavy atom. The van der Waals surface area contributed by atoms with Crippen LogP contribution in [0.25, 0.3) is 0 Å². The van der Waals surface area contributed by atoms with Crippen LogP contribution in [-0.4, -0.2) is 18.4 Å². The van der Waals surface area contributed by atoms with Crippen molar-refractivity contribution in [3.05, 3.63) is 29.3 Å². The van der Waals surface area contributed by atoms with E-state index in [0.717, 1.165) is 11.0 Å². The van der Waals surface area contributed by atoms with Crippen LogP contribution in [0.4, 0.5) is 18.9 Å². The fourth-order valence-corrected chi connectivity index (χ4v) is 2.20. The second kappa shape index (κ2) is 5.09. The molecule has 1 unspecified atom stereocenters. The first-order valence-electron chi connectivity index (χ1n) is 5.95. The van der Waals surface area contributed by atoms with E-state index in [1.165, 1.54) is 6.07 Å². The van der Waals surface area contributed by atoms with Crippen molar-refractivity contribution in [3.63, 3.8) is 0 Å². The maximum Gasteiger partial charge on any atom is 0.418 e. The number of rotatable bonds is 2. The third-order valence-corrected chi connectivity index (χ3v) is 3.25. The number of hydrogen-bond donors (Lipinski definition) is 1. The van der Waals surface area contributed by atoms with Crippen LogP contribution in [0.5, 0.6) is 0 Å². The number of nitrogens with two attached hydrogens (primary N) is 1. The van der Waals surface area contributed by atoms with Crippen LogP contribution in [0.15, 0.2) is 18.2 Å². The molecular weight excluding hydrogens is 287 g/mol. The predicted molar refractivity (Wildman–Crippen MR) is 65.8 cm³/mol. The molecule has 0 radical (unpaired) electrons. The Hall–Kier alpha value is -2.56. The number of carbonyl (C=O) groups is 2. The van der Waals surface area contributed by atoms with E-state index in [1.807, 2.05) is 0 Å². The molecule has 5 nitrogen and oxygen atoms in total. The molecule has 1 aliphatic heterocycles. The molecule has 2 rings (SSSR count). The first-order chi connectivity index (χ1) is 9.74. The van der Waals surface area contributed by atoms with Crippen LogP contribution in [-0.2, 0) is 15.8 Å². The van der Waals surface area contributed by atoms with Gasteiger partial charge in [-0.2, -0.15) is 18.4 Å². The fraction of sp³-hybridized carbons (Fsp3) is 0.308. The highest BCUT2D eigenvalue weighted by atomic mass is 19.4. The molecule has 1 aromatic carbocycles. The molecular formula is C13H10F3N3O2. The van der Waals surface area contributed by atoms with E-state index in [0.29, 0.717) is 6.07 Å². The van der Waals surface area contributed by atoms with Gasteiger partial charge in [0.05, 0.1) is 28.8 Å². The molecule has 0 bridgehead atoms. The van der Waals surface area contributed by atoms with Gasteiger partial charge >= 0.3 is 6.18 Å². The lowest BCUT2D eigenvalue weighted by Crippen LogP contribution is -2.30. The number of nitriles is 1. The topological polar surface area (TPSA) is 87.2 Å². The van der Waals surface area contributed by atoms with Crippen molar-refractivity contribution in [1.29, 1.82) is 5.26 Å². The summed E-state index contributed by atoms with van der Waals surface area (Å²) in [7, 11) is 0. The number of hydrogen-bond acceptors (Lipinski definition) is 3. The lowest BCUT2D eigenvalue weighted by atomic mass is 10.1. The van der Waals surface area contributed by atoms with Crippen LogP contribution >= 0.6 is 0 Å². The van der Waals surface area contributed by atoms with Crippen LogP contribution in [0.1, 0.15) is 17.5 Å². The van der Waals surface area contributed by atoms with Crippen molar-refractivity contribution in [1.82, 2.24) is 0 Å². The number of nitrogens with zero attached hydrogens (tertiary/aromatic N) is 2. The molecule has 0 aliphatic carbocycles. The van der Waals surface area contributed by atoms with Gasteiger partial charge in [-0.05, 0) is 18.2 Å². The zero-order chi connectivity index (χ0) is 15.8. The minimum absolute atomic E-state index is 0.163. The summed E-state index contributed by atoms with van der Waals surface area (Å²) in [6.45, 7) is -0.191. The number of amides is 2. The lowest BCUT2D eigenvalue weighted by Gasteiger charge is -2.21. The zero-order valence-electron chi connectivity index (χ0n) is 10.6. The van der Waals surface area contributed by atoms with Crippen molar-refractivity contribution in [2.45, 2.75) is 12.6 Å². The van der Waals surface area contributed by atoms with E-state index in [2.05, 4.69) is 0 Å². The van der Waals surface area contributed by atoms with E-state index in [4.69, 9.17) is 11.0 Å². The van der Waals surface area contributed by atoms with Gasteiger partial charge in [-0.1, -0.05) is 0 Å². The van der Waals surface area contributed by atoms with E-state index >= 15 is 0 Å². The van der Waals surface area contributed by atoms with Gasteiger partial charge in [0.2, 0.25) is 11.8 Å². The molecule has 1 aliphatic rings. The third-order valence-electron chi connectivity index (χ3n) is 3.25. The van der Waals surface area contributed by atoms with E-state index in [1.54, 1.807) is 6.07 Å². The quantitative estimate of drug-likeness (QED) is 0.895. The summed E-state index contributed by atoms with van der Waals surface area (Å²) < 4.78 is 39.2. The Morgan fingerprint density at radius 2 is 2.10 bits per heavy atom. The number of carbonyl (C=O) groups excluding carboxylic acids is 2. The van der Waals surface area contributed by atoms with Crippen molar-refractivity contribution >= 4 is 17.5 Å². The number of halogens is 3.